The molecule has 0 aliphatic carbocycles. The molecular weight excluding hydrogens is 316 g/mol. The van der Waals surface area contributed by atoms with Crippen LogP contribution in [0.2, 0.25) is 0 Å². The van der Waals surface area contributed by atoms with Crippen LogP contribution in [0, 0.1) is 0 Å². The van der Waals surface area contributed by atoms with Gasteiger partial charge in [0.2, 0.25) is 11.2 Å². The third kappa shape index (κ3) is 2.09. The number of phenols is 1. The van der Waals surface area contributed by atoms with Crippen LogP contribution in [-0.2, 0) is 0 Å². The van der Waals surface area contributed by atoms with E-state index in [0.717, 1.165) is 0 Å². The van der Waals surface area contributed by atoms with Crippen molar-refractivity contribution >= 4 is 21.9 Å². The topological polar surface area (TPSA) is 87.4 Å². The molecule has 0 saturated carbocycles. The predicted octanol–water partition coefficient (Wildman–Crippen LogP) is 2.69. The molecule has 0 amide bonds. The fourth-order valence-corrected chi connectivity index (χ4v) is 2.69. The minimum absolute atomic E-state index is 0.0216. The molecule has 1 N–H and O–H groups in total. The van der Waals surface area contributed by atoms with Crippen molar-refractivity contribution in [3.8, 4) is 28.7 Å². The third-order valence-corrected chi connectivity index (χ3v) is 3.79. The molecule has 0 unspecified atom stereocenters. The van der Waals surface area contributed by atoms with E-state index in [2.05, 4.69) is 0 Å². The van der Waals surface area contributed by atoms with E-state index >= 15 is 0 Å². The van der Waals surface area contributed by atoms with Crippen molar-refractivity contribution in [1.29, 1.82) is 0 Å². The zero-order valence-electron chi connectivity index (χ0n) is 13.6. The normalized spacial score (nSPS) is 10.8. The molecular formula is C17H16O7. The summed E-state index contributed by atoms with van der Waals surface area (Å²) in [5.41, 5.74) is -0.195. The lowest BCUT2D eigenvalue weighted by atomic mass is 10.1. The maximum Gasteiger partial charge on any atom is 0.208 e. The van der Waals surface area contributed by atoms with Crippen molar-refractivity contribution in [2.45, 2.75) is 0 Å². The number of fused-ring (bicyclic) bond motifs is 2. The summed E-state index contributed by atoms with van der Waals surface area (Å²) in [6.45, 7) is 0. The van der Waals surface area contributed by atoms with Crippen LogP contribution in [0.4, 0.5) is 0 Å². The van der Waals surface area contributed by atoms with Crippen LogP contribution in [0.1, 0.15) is 0 Å². The quantitative estimate of drug-likeness (QED) is 0.735. The Morgan fingerprint density at radius 2 is 1.46 bits per heavy atom. The van der Waals surface area contributed by atoms with Gasteiger partial charge in [0.25, 0.3) is 0 Å². The first-order chi connectivity index (χ1) is 11.6. The van der Waals surface area contributed by atoms with E-state index in [1.54, 1.807) is 12.1 Å². The van der Waals surface area contributed by atoms with Gasteiger partial charge in [-0.3, -0.25) is 4.79 Å². The van der Waals surface area contributed by atoms with Gasteiger partial charge < -0.3 is 28.5 Å². The van der Waals surface area contributed by atoms with Crippen molar-refractivity contribution in [3.63, 3.8) is 0 Å². The number of methoxy groups -OCH3 is 4. The van der Waals surface area contributed by atoms with Crippen LogP contribution in [0.15, 0.2) is 27.4 Å². The lowest BCUT2D eigenvalue weighted by molar-refractivity contribution is 0.350. The van der Waals surface area contributed by atoms with E-state index in [0.29, 0.717) is 11.5 Å². The van der Waals surface area contributed by atoms with Crippen molar-refractivity contribution in [3.05, 3.63) is 28.4 Å². The zero-order valence-corrected chi connectivity index (χ0v) is 13.6. The summed E-state index contributed by atoms with van der Waals surface area (Å²) in [4.78, 5) is 13.0. The number of hydrogen-bond acceptors (Lipinski definition) is 7. The molecule has 3 rings (SSSR count). The summed E-state index contributed by atoms with van der Waals surface area (Å²) in [7, 11) is 5.75. The average molecular weight is 332 g/mol. The van der Waals surface area contributed by atoms with Gasteiger partial charge in [0.15, 0.2) is 22.7 Å². The smallest absolute Gasteiger partial charge is 0.208 e. The number of benzene rings is 2. The minimum Gasteiger partial charge on any atom is -0.507 e. The van der Waals surface area contributed by atoms with Crippen LogP contribution < -0.4 is 24.4 Å². The molecule has 0 bridgehead atoms. The molecule has 0 aliphatic rings. The zero-order chi connectivity index (χ0) is 17.4. The van der Waals surface area contributed by atoms with Crippen LogP contribution in [0.3, 0.4) is 0 Å². The van der Waals surface area contributed by atoms with Crippen LogP contribution in [0.5, 0.6) is 28.7 Å². The van der Waals surface area contributed by atoms with Gasteiger partial charge in [0.1, 0.15) is 22.3 Å². The van der Waals surface area contributed by atoms with Crippen LogP contribution in [-0.4, -0.2) is 33.5 Å². The molecule has 0 radical (unpaired) electrons. The first-order valence-electron chi connectivity index (χ1n) is 7.02. The summed E-state index contributed by atoms with van der Waals surface area (Å²) in [5, 5.41) is 10.4. The Balaban J connectivity index is 2.63. The average Bonchev–Trinajstić information content (AvgIpc) is 2.60. The lowest BCUT2D eigenvalue weighted by Gasteiger charge is -2.13. The summed E-state index contributed by atoms with van der Waals surface area (Å²) >= 11 is 0. The van der Waals surface area contributed by atoms with Crippen LogP contribution >= 0.6 is 0 Å². The highest BCUT2D eigenvalue weighted by atomic mass is 16.5. The third-order valence-electron chi connectivity index (χ3n) is 3.79. The first kappa shape index (κ1) is 15.8. The maximum absolute atomic E-state index is 13.0. The van der Waals surface area contributed by atoms with Gasteiger partial charge in [-0.05, 0) is 12.1 Å². The first-order valence-corrected chi connectivity index (χ1v) is 7.02. The Morgan fingerprint density at radius 3 is 2.04 bits per heavy atom. The van der Waals surface area contributed by atoms with Crippen molar-refractivity contribution in [2.75, 3.05) is 28.4 Å². The number of aromatic hydroxyl groups is 1. The highest BCUT2D eigenvalue weighted by Crippen LogP contribution is 2.43. The summed E-state index contributed by atoms with van der Waals surface area (Å²) in [6.07, 6.45) is 0. The highest BCUT2D eigenvalue weighted by Gasteiger charge is 2.23. The number of ether oxygens (including phenoxy) is 4. The number of rotatable bonds is 4. The van der Waals surface area contributed by atoms with Gasteiger partial charge in [-0.2, -0.15) is 0 Å². The Labute approximate surface area is 136 Å². The molecule has 0 aliphatic heterocycles. The molecule has 24 heavy (non-hydrogen) atoms. The molecule has 0 spiro atoms. The van der Waals surface area contributed by atoms with E-state index in [9.17, 15) is 9.90 Å². The lowest BCUT2D eigenvalue weighted by Crippen LogP contribution is -2.06. The van der Waals surface area contributed by atoms with Crippen molar-refractivity contribution < 1.29 is 28.5 Å². The number of phenolic OH excluding ortho intramolecular Hbond substituents is 1. The summed E-state index contributed by atoms with van der Waals surface area (Å²) in [6, 6.07) is 4.53. The highest BCUT2D eigenvalue weighted by molar-refractivity contribution is 6.01. The Bertz CT molecular complexity index is 988. The molecule has 3 aromatic rings. The second-order valence-electron chi connectivity index (χ2n) is 4.94. The standard InChI is InChI=1S/C17H16O7/c1-20-9-5-6-10(21-2)15-13(9)14(19)12-8(18)7-11(22-3)16(23-4)17(12)24-15/h5-7,18H,1-4H3. The Morgan fingerprint density at radius 1 is 0.833 bits per heavy atom. The van der Waals surface area contributed by atoms with Gasteiger partial charge in [-0.15, -0.1) is 0 Å². The second kappa shape index (κ2) is 5.84. The van der Waals surface area contributed by atoms with E-state index in [-0.39, 0.29) is 39.2 Å². The number of hydrogen-bond donors (Lipinski definition) is 1. The summed E-state index contributed by atoms with van der Waals surface area (Å²) in [5.74, 6) is 0.842. The molecule has 0 atom stereocenters. The monoisotopic (exact) mass is 332 g/mol. The van der Waals surface area contributed by atoms with E-state index < -0.39 is 5.43 Å². The predicted molar refractivity (Wildman–Crippen MR) is 87.9 cm³/mol. The van der Waals surface area contributed by atoms with E-state index in [1.807, 2.05) is 0 Å². The van der Waals surface area contributed by atoms with Crippen molar-refractivity contribution in [1.82, 2.24) is 0 Å². The molecule has 7 heteroatoms. The maximum atomic E-state index is 13.0. The van der Waals surface area contributed by atoms with E-state index in [1.165, 1.54) is 34.5 Å². The van der Waals surface area contributed by atoms with Gasteiger partial charge in [-0.1, -0.05) is 0 Å². The largest absolute Gasteiger partial charge is 0.507 e. The molecule has 2 aromatic carbocycles. The van der Waals surface area contributed by atoms with Crippen molar-refractivity contribution in [2.24, 2.45) is 0 Å². The van der Waals surface area contributed by atoms with Gasteiger partial charge in [0.05, 0.1) is 28.4 Å². The minimum atomic E-state index is -0.458. The van der Waals surface area contributed by atoms with Gasteiger partial charge in [-0.25, -0.2) is 0 Å². The van der Waals surface area contributed by atoms with Gasteiger partial charge in [0, 0.05) is 6.07 Å². The molecule has 7 nitrogen and oxygen atoms in total. The van der Waals surface area contributed by atoms with E-state index in [4.69, 9.17) is 23.4 Å². The second-order valence-corrected chi connectivity index (χ2v) is 4.94. The molecule has 1 aromatic heterocycles. The fraction of sp³-hybridized carbons (Fsp3) is 0.235. The fourth-order valence-electron chi connectivity index (χ4n) is 2.69. The SMILES string of the molecule is COc1cc(O)c2c(=O)c3c(OC)ccc(OC)c3oc2c1OC. The Kier molecular flexibility index (Phi) is 3.84. The van der Waals surface area contributed by atoms with Gasteiger partial charge >= 0.3 is 0 Å². The molecule has 1 heterocycles. The molecule has 126 valence electrons. The summed E-state index contributed by atoms with van der Waals surface area (Å²) < 4.78 is 26.9. The molecule has 0 fully saturated rings. The molecule has 0 saturated heterocycles. The Hall–Kier alpha value is -3.09. The van der Waals surface area contributed by atoms with Crippen LogP contribution in [0.25, 0.3) is 21.9 Å².